The fraction of sp³-hybridized carbons (Fsp3) is 0.0833. The summed E-state index contributed by atoms with van der Waals surface area (Å²) in [6, 6.07) is 7.34. The maximum atomic E-state index is 11.6. The van der Waals surface area contributed by atoms with Crippen LogP contribution in [0, 0.1) is 0 Å². The third kappa shape index (κ3) is 2.33. The molecule has 0 heterocycles. The average Bonchev–Trinajstić information content (AvgIpc) is 2.25. The molecule has 0 aliphatic carbocycles. The molecule has 0 aliphatic heterocycles. The number of nitrogens with one attached hydrogen (secondary N) is 1. The predicted molar refractivity (Wildman–Crippen MR) is 59.1 cm³/mol. The molecular formula is C12H13NO. The van der Waals surface area contributed by atoms with Gasteiger partial charge < -0.3 is 5.32 Å². The van der Waals surface area contributed by atoms with Crippen molar-refractivity contribution >= 4 is 12.0 Å². The molecule has 0 radical (unpaired) electrons. The zero-order valence-corrected chi connectivity index (χ0v) is 7.99. The second-order valence-electron chi connectivity index (χ2n) is 2.79. The van der Waals surface area contributed by atoms with Crippen LogP contribution in [-0.4, -0.2) is 12.5 Å². The molecule has 0 unspecified atom stereocenters. The molecular weight excluding hydrogens is 174 g/mol. The standard InChI is InChI=1S/C12H13NO/c1-3-9-13-12(14)11-8-6-5-7-10(11)4-2/h3-8H,1-2,9H2,(H,13,14). The van der Waals surface area contributed by atoms with Crippen molar-refractivity contribution in [3.05, 3.63) is 54.6 Å². The zero-order chi connectivity index (χ0) is 10.4. The van der Waals surface area contributed by atoms with E-state index in [-0.39, 0.29) is 5.91 Å². The Bertz CT molecular complexity index is 355. The SMILES string of the molecule is C=CCNC(=O)c1ccccc1C=C. The van der Waals surface area contributed by atoms with E-state index in [0.717, 1.165) is 5.56 Å². The van der Waals surface area contributed by atoms with Crippen molar-refractivity contribution in [2.75, 3.05) is 6.54 Å². The Balaban J connectivity index is 2.88. The number of amides is 1. The first-order valence-electron chi connectivity index (χ1n) is 4.40. The van der Waals surface area contributed by atoms with Crippen molar-refractivity contribution in [2.24, 2.45) is 0 Å². The van der Waals surface area contributed by atoms with Gasteiger partial charge in [0.1, 0.15) is 0 Å². The summed E-state index contributed by atoms with van der Waals surface area (Å²) in [6.45, 7) is 7.66. The number of carbonyl (C=O) groups is 1. The molecule has 1 N–H and O–H groups in total. The van der Waals surface area contributed by atoms with Crippen LogP contribution in [0.15, 0.2) is 43.5 Å². The number of rotatable bonds is 4. The highest BCUT2D eigenvalue weighted by Gasteiger charge is 2.06. The summed E-state index contributed by atoms with van der Waals surface area (Å²) in [7, 11) is 0. The monoisotopic (exact) mass is 187 g/mol. The molecule has 0 fully saturated rings. The molecule has 1 aromatic rings. The molecule has 1 rings (SSSR count). The Morgan fingerprint density at radius 3 is 2.71 bits per heavy atom. The van der Waals surface area contributed by atoms with Gasteiger partial charge in [0.15, 0.2) is 0 Å². The average molecular weight is 187 g/mol. The summed E-state index contributed by atoms with van der Waals surface area (Å²) in [5.41, 5.74) is 1.48. The number of hydrogen-bond donors (Lipinski definition) is 1. The molecule has 0 saturated heterocycles. The van der Waals surface area contributed by atoms with Crippen LogP contribution < -0.4 is 5.32 Å². The first-order chi connectivity index (χ1) is 6.79. The van der Waals surface area contributed by atoms with Crippen molar-refractivity contribution < 1.29 is 4.79 Å². The van der Waals surface area contributed by atoms with Crippen molar-refractivity contribution in [1.29, 1.82) is 0 Å². The minimum Gasteiger partial charge on any atom is -0.349 e. The van der Waals surface area contributed by atoms with E-state index in [1.54, 1.807) is 18.2 Å². The predicted octanol–water partition coefficient (Wildman–Crippen LogP) is 2.25. The van der Waals surface area contributed by atoms with Crippen LogP contribution in [-0.2, 0) is 0 Å². The molecule has 1 amide bonds. The minimum atomic E-state index is -0.0969. The minimum absolute atomic E-state index is 0.0969. The van der Waals surface area contributed by atoms with Crippen molar-refractivity contribution in [3.8, 4) is 0 Å². The van der Waals surface area contributed by atoms with E-state index in [2.05, 4.69) is 18.5 Å². The van der Waals surface area contributed by atoms with Crippen LogP contribution in [0.5, 0.6) is 0 Å². The van der Waals surface area contributed by atoms with Gasteiger partial charge in [0.2, 0.25) is 0 Å². The summed E-state index contributed by atoms with van der Waals surface area (Å²) in [5, 5.41) is 2.72. The lowest BCUT2D eigenvalue weighted by Gasteiger charge is -2.05. The van der Waals surface area contributed by atoms with Gasteiger partial charge in [-0.25, -0.2) is 0 Å². The first kappa shape index (κ1) is 10.3. The van der Waals surface area contributed by atoms with Crippen molar-refractivity contribution in [1.82, 2.24) is 5.32 Å². The Hall–Kier alpha value is -1.83. The second-order valence-corrected chi connectivity index (χ2v) is 2.79. The molecule has 72 valence electrons. The zero-order valence-electron chi connectivity index (χ0n) is 7.99. The maximum Gasteiger partial charge on any atom is 0.252 e. The van der Waals surface area contributed by atoms with Gasteiger partial charge >= 0.3 is 0 Å². The number of benzene rings is 1. The molecule has 2 heteroatoms. The Labute approximate surface area is 84.0 Å². The molecule has 0 spiro atoms. The van der Waals surface area contributed by atoms with Crippen LogP contribution in [0.1, 0.15) is 15.9 Å². The summed E-state index contributed by atoms with van der Waals surface area (Å²) >= 11 is 0. The Kier molecular flexibility index (Phi) is 3.68. The van der Waals surface area contributed by atoms with Gasteiger partial charge in [-0.15, -0.1) is 6.58 Å². The van der Waals surface area contributed by atoms with Gasteiger partial charge in [0.05, 0.1) is 0 Å². The largest absolute Gasteiger partial charge is 0.349 e. The molecule has 0 aliphatic rings. The first-order valence-corrected chi connectivity index (χ1v) is 4.40. The highest BCUT2D eigenvalue weighted by molar-refractivity contribution is 5.97. The fourth-order valence-electron chi connectivity index (χ4n) is 1.14. The summed E-state index contributed by atoms with van der Waals surface area (Å²) in [5.74, 6) is -0.0969. The Morgan fingerprint density at radius 1 is 1.36 bits per heavy atom. The molecule has 0 saturated carbocycles. The van der Waals surface area contributed by atoms with Crippen molar-refractivity contribution in [3.63, 3.8) is 0 Å². The Morgan fingerprint density at radius 2 is 2.07 bits per heavy atom. The highest BCUT2D eigenvalue weighted by atomic mass is 16.1. The van der Waals surface area contributed by atoms with E-state index in [1.807, 2.05) is 18.2 Å². The highest BCUT2D eigenvalue weighted by Crippen LogP contribution is 2.09. The lowest BCUT2D eigenvalue weighted by Crippen LogP contribution is -2.23. The smallest absolute Gasteiger partial charge is 0.252 e. The third-order valence-electron chi connectivity index (χ3n) is 1.83. The van der Waals surface area contributed by atoms with E-state index < -0.39 is 0 Å². The second kappa shape index (κ2) is 5.02. The van der Waals surface area contributed by atoms with E-state index >= 15 is 0 Å². The molecule has 0 aromatic heterocycles. The molecule has 0 bridgehead atoms. The quantitative estimate of drug-likeness (QED) is 0.720. The van der Waals surface area contributed by atoms with Gasteiger partial charge in [0.25, 0.3) is 5.91 Å². The normalized spacial score (nSPS) is 9.14. The van der Waals surface area contributed by atoms with Crippen LogP contribution in [0.4, 0.5) is 0 Å². The lowest BCUT2D eigenvalue weighted by atomic mass is 10.1. The van der Waals surface area contributed by atoms with E-state index in [4.69, 9.17) is 0 Å². The fourth-order valence-corrected chi connectivity index (χ4v) is 1.14. The summed E-state index contributed by atoms with van der Waals surface area (Å²) in [4.78, 5) is 11.6. The van der Waals surface area contributed by atoms with Crippen LogP contribution >= 0.6 is 0 Å². The topological polar surface area (TPSA) is 29.1 Å². The van der Waals surface area contributed by atoms with E-state index in [0.29, 0.717) is 12.1 Å². The van der Waals surface area contributed by atoms with E-state index in [9.17, 15) is 4.79 Å². The number of carbonyl (C=O) groups excluding carboxylic acids is 1. The number of hydrogen-bond acceptors (Lipinski definition) is 1. The summed E-state index contributed by atoms with van der Waals surface area (Å²) in [6.07, 6.45) is 3.32. The maximum absolute atomic E-state index is 11.6. The molecule has 2 nitrogen and oxygen atoms in total. The third-order valence-corrected chi connectivity index (χ3v) is 1.83. The van der Waals surface area contributed by atoms with E-state index in [1.165, 1.54) is 0 Å². The van der Waals surface area contributed by atoms with Crippen molar-refractivity contribution in [2.45, 2.75) is 0 Å². The van der Waals surface area contributed by atoms with Gasteiger partial charge in [0, 0.05) is 12.1 Å². The lowest BCUT2D eigenvalue weighted by molar-refractivity contribution is 0.0958. The molecule has 0 atom stereocenters. The summed E-state index contributed by atoms with van der Waals surface area (Å²) < 4.78 is 0. The van der Waals surface area contributed by atoms with Gasteiger partial charge in [-0.05, 0) is 11.6 Å². The van der Waals surface area contributed by atoms with Crippen LogP contribution in [0.25, 0.3) is 6.08 Å². The molecule has 14 heavy (non-hydrogen) atoms. The van der Waals surface area contributed by atoms with Gasteiger partial charge in [-0.2, -0.15) is 0 Å². The van der Waals surface area contributed by atoms with Gasteiger partial charge in [-0.1, -0.05) is 36.9 Å². The van der Waals surface area contributed by atoms with Gasteiger partial charge in [-0.3, -0.25) is 4.79 Å². The van der Waals surface area contributed by atoms with Crippen LogP contribution in [0.3, 0.4) is 0 Å². The molecule has 1 aromatic carbocycles. The van der Waals surface area contributed by atoms with Crippen LogP contribution in [0.2, 0.25) is 0 Å².